The second-order valence-corrected chi connectivity index (χ2v) is 5.62. The molecule has 122 valence electrons. The summed E-state index contributed by atoms with van der Waals surface area (Å²) >= 11 is 0. The summed E-state index contributed by atoms with van der Waals surface area (Å²) in [5, 5.41) is 15.9. The molecule has 0 aliphatic rings. The van der Waals surface area contributed by atoms with Crippen LogP contribution in [0.4, 0.5) is 0 Å². The Morgan fingerprint density at radius 1 is 1.30 bits per heavy atom. The van der Waals surface area contributed by atoms with Gasteiger partial charge in [0.2, 0.25) is 0 Å². The van der Waals surface area contributed by atoms with E-state index in [9.17, 15) is 9.59 Å². The van der Waals surface area contributed by atoms with Crippen LogP contribution in [0.25, 0.3) is 11.3 Å². The summed E-state index contributed by atoms with van der Waals surface area (Å²) in [4.78, 5) is 24.9. The number of aryl methyl sites for hydroxylation is 1. The van der Waals surface area contributed by atoms with Crippen molar-refractivity contribution in [3.8, 4) is 11.3 Å². The molecule has 0 radical (unpaired) electrons. The van der Waals surface area contributed by atoms with Gasteiger partial charge in [-0.1, -0.05) is 36.8 Å². The molecular weight excluding hydrogens is 294 g/mol. The highest BCUT2D eigenvalue weighted by Gasteiger charge is 2.24. The Balaban J connectivity index is 2.25. The number of H-pyrrole nitrogens is 1. The highest BCUT2D eigenvalue weighted by atomic mass is 16.4. The Labute approximate surface area is 135 Å². The number of amides is 1. The Kier molecular flexibility index (Phi) is 5.16. The zero-order valence-corrected chi connectivity index (χ0v) is 13.5. The van der Waals surface area contributed by atoms with Gasteiger partial charge in [0.25, 0.3) is 5.91 Å². The normalized spacial score (nSPS) is 12.0. The zero-order chi connectivity index (χ0) is 17.0. The molecule has 0 fully saturated rings. The number of carbonyl (C=O) groups is 2. The van der Waals surface area contributed by atoms with Crippen LogP contribution >= 0.6 is 0 Å². The number of nitrogens with one attached hydrogen (secondary N) is 1. The summed E-state index contributed by atoms with van der Waals surface area (Å²) in [6, 6.07) is 9.31. The zero-order valence-electron chi connectivity index (χ0n) is 13.5. The van der Waals surface area contributed by atoms with Crippen LogP contribution in [0.2, 0.25) is 0 Å². The van der Waals surface area contributed by atoms with Gasteiger partial charge >= 0.3 is 5.97 Å². The summed E-state index contributed by atoms with van der Waals surface area (Å²) in [5.41, 5.74) is 3.00. The molecule has 6 heteroatoms. The fourth-order valence-electron chi connectivity index (χ4n) is 2.25. The highest BCUT2D eigenvalue weighted by Crippen LogP contribution is 2.19. The van der Waals surface area contributed by atoms with Gasteiger partial charge in [-0.15, -0.1) is 0 Å². The molecule has 2 N–H and O–H groups in total. The maximum Gasteiger partial charge on any atom is 0.323 e. The minimum atomic E-state index is -1.03. The van der Waals surface area contributed by atoms with Crippen molar-refractivity contribution in [1.29, 1.82) is 0 Å². The largest absolute Gasteiger partial charge is 0.480 e. The minimum absolute atomic E-state index is 0.162. The smallest absolute Gasteiger partial charge is 0.323 e. The molecule has 1 amide bonds. The fourth-order valence-corrected chi connectivity index (χ4v) is 2.25. The molecule has 2 rings (SSSR count). The molecule has 0 aliphatic carbocycles. The van der Waals surface area contributed by atoms with Crippen molar-refractivity contribution >= 4 is 11.9 Å². The molecule has 1 heterocycles. The Morgan fingerprint density at radius 2 is 1.96 bits per heavy atom. The lowest BCUT2D eigenvalue weighted by atomic mass is 10.1. The van der Waals surface area contributed by atoms with Crippen LogP contribution in [-0.2, 0) is 4.79 Å². The first-order valence-corrected chi connectivity index (χ1v) is 7.57. The summed E-state index contributed by atoms with van der Waals surface area (Å²) in [6.07, 6.45) is 0.679. The third-order valence-corrected chi connectivity index (χ3v) is 3.84. The third-order valence-electron chi connectivity index (χ3n) is 3.84. The van der Waals surface area contributed by atoms with Gasteiger partial charge in [-0.2, -0.15) is 5.10 Å². The second kappa shape index (κ2) is 7.09. The second-order valence-electron chi connectivity index (χ2n) is 5.62. The van der Waals surface area contributed by atoms with Gasteiger partial charge in [-0.3, -0.25) is 14.7 Å². The standard InChI is InChI=1S/C17H21N3O3/c1-4-12(3)20(10-16(21)22)17(23)15-9-14(18-19-15)13-7-5-11(2)6-8-13/h5-9,12H,4,10H2,1-3H3,(H,18,19)(H,21,22). The molecule has 2 aromatic rings. The van der Waals surface area contributed by atoms with Crippen LogP contribution in [0.15, 0.2) is 30.3 Å². The molecule has 0 aliphatic heterocycles. The van der Waals surface area contributed by atoms with E-state index in [1.165, 1.54) is 4.90 Å². The van der Waals surface area contributed by atoms with Crippen molar-refractivity contribution < 1.29 is 14.7 Å². The SMILES string of the molecule is CCC(C)N(CC(=O)O)C(=O)c1cc(-c2ccc(C)cc2)n[nH]1. The summed E-state index contributed by atoms with van der Waals surface area (Å²) < 4.78 is 0. The number of benzene rings is 1. The first kappa shape index (κ1) is 16.7. The number of hydrogen-bond acceptors (Lipinski definition) is 3. The van der Waals surface area contributed by atoms with Crippen molar-refractivity contribution in [2.45, 2.75) is 33.2 Å². The van der Waals surface area contributed by atoms with E-state index in [0.717, 1.165) is 11.1 Å². The van der Waals surface area contributed by atoms with Gasteiger partial charge in [-0.25, -0.2) is 0 Å². The van der Waals surface area contributed by atoms with Gasteiger partial charge in [-0.05, 0) is 26.3 Å². The molecule has 0 spiro atoms. The molecule has 1 unspecified atom stereocenters. The first-order valence-electron chi connectivity index (χ1n) is 7.57. The number of carboxylic acid groups (broad SMARTS) is 1. The van der Waals surface area contributed by atoms with E-state index in [0.29, 0.717) is 17.8 Å². The van der Waals surface area contributed by atoms with E-state index in [1.807, 2.05) is 45.0 Å². The van der Waals surface area contributed by atoms with Gasteiger partial charge in [0.05, 0.1) is 5.69 Å². The predicted molar refractivity (Wildman–Crippen MR) is 87.2 cm³/mol. The fraction of sp³-hybridized carbons (Fsp3) is 0.353. The molecule has 6 nitrogen and oxygen atoms in total. The number of nitrogens with zero attached hydrogens (tertiary/aromatic N) is 2. The topological polar surface area (TPSA) is 86.3 Å². The van der Waals surface area contributed by atoms with E-state index < -0.39 is 5.97 Å². The molecule has 1 aromatic carbocycles. The summed E-state index contributed by atoms with van der Waals surface area (Å²) in [6.45, 7) is 5.42. The van der Waals surface area contributed by atoms with E-state index >= 15 is 0 Å². The molecule has 0 bridgehead atoms. The number of hydrogen-bond donors (Lipinski definition) is 2. The number of aromatic amines is 1. The van der Waals surface area contributed by atoms with Gasteiger partial charge in [0.15, 0.2) is 0 Å². The maximum atomic E-state index is 12.6. The molecule has 1 atom stereocenters. The number of carboxylic acids is 1. The summed E-state index contributed by atoms with van der Waals surface area (Å²) in [7, 11) is 0. The van der Waals surface area contributed by atoms with Crippen LogP contribution in [0, 0.1) is 6.92 Å². The van der Waals surface area contributed by atoms with Crippen LogP contribution in [0.5, 0.6) is 0 Å². The average molecular weight is 315 g/mol. The van der Waals surface area contributed by atoms with Crippen LogP contribution in [-0.4, -0.2) is 44.7 Å². The van der Waals surface area contributed by atoms with E-state index in [4.69, 9.17) is 5.11 Å². The molecular formula is C17H21N3O3. The number of rotatable bonds is 6. The average Bonchev–Trinajstić information content (AvgIpc) is 3.01. The summed E-state index contributed by atoms with van der Waals surface area (Å²) in [5.74, 6) is -1.38. The third kappa shape index (κ3) is 3.97. The molecule has 23 heavy (non-hydrogen) atoms. The van der Waals surface area contributed by atoms with Crippen molar-refractivity contribution in [2.24, 2.45) is 0 Å². The molecule has 0 saturated heterocycles. The Bertz CT molecular complexity index is 691. The van der Waals surface area contributed by atoms with Crippen LogP contribution in [0.3, 0.4) is 0 Å². The number of carbonyl (C=O) groups excluding carboxylic acids is 1. The van der Waals surface area contributed by atoms with Gasteiger partial charge in [0.1, 0.15) is 12.2 Å². The van der Waals surface area contributed by atoms with Crippen LogP contribution in [0.1, 0.15) is 36.3 Å². The highest BCUT2D eigenvalue weighted by molar-refractivity contribution is 5.95. The lowest BCUT2D eigenvalue weighted by Gasteiger charge is -2.26. The lowest BCUT2D eigenvalue weighted by Crippen LogP contribution is -2.42. The van der Waals surface area contributed by atoms with Crippen molar-refractivity contribution in [3.63, 3.8) is 0 Å². The van der Waals surface area contributed by atoms with Gasteiger partial charge in [0, 0.05) is 11.6 Å². The van der Waals surface area contributed by atoms with Gasteiger partial charge < -0.3 is 10.0 Å². The maximum absolute atomic E-state index is 12.6. The first-order chi connectivity index (χ1) is 10.9. The predicted octanol–water partition coefficient (Wildman–Crippen LogP) is 2.71. The van der Waals surface area contributed by atoms with Crippen molar-refractivity contribution in [1.82, 2.24) is 15.1 Å². The minimum Gasteiger partial charge on any atom is -0.480 e. The number of aliphatic carboxylic acids is 1. The molecule has 1 aromatic heterocycles. The van der Waals surface area contributed by atoms with Crippen molar-refractivity contribution in [3.05, 3.63) is 41.6 Å². The Hall–Kier alpha value is -2.63. The quantitative estimate of drug-likeness (QED) is 0.858. The van der Waals surface area contributed by atoms with Crippen LogP contribution < -0.4 is 0 Å². The lowest BCUT2D eigenvalue weighted by molar-refractivity contribution is -0.138. The van der Waals surface area contributed by atoms with Crippen molar-refractivity contribution in [2.75, 3.05) is 6.54 Å². The van der Waals surface area contributed by atoms with E-state index in [1.54, 1.807) is 6.07 Å². The monoisotopic (exact) mass is 315 g/mol. The Morgan fingerprint density at radius 3 is 2.52 bits per heavy atom. The van der Waals surface area contributed by atoms with E-state index in [2.05, 4.69) is 10.2 Å². The molecule has 0 saturated carbocycles. The number of aromatic nitrogens is 2. The van der Waals surface area contributed by atoms with E-state index in [-0.39, 0.29) is 18.5 Å².